The fourth-order valence-corrected chi connectivity index (χ4v) is 3.16. The molecule has 0 saturated carbocycles. The molecular formula is C26H43N3O8. The van der Waals surface area contributed by atoms with E-state index in [9.17, 15) is 19.5 Å². The van der Waals surface area contributed by atoms with Crippen LogP contribution in [-0.4, -0.2) is 93.9 Å². The highest BCUT2D eigenvalue weighted by Crippen LogP contribution is 2.16. The van der Waals surface area contributed by atoms with Gasteiger partial charge in [-0.2, -0.15) is 0 Å². The Kier molecular flexibility index (Phi) is 20.9. The van der Waals surface area contributed by atoms with Gasteiger partial charge in [-0.1, -0.05) is 25.1 Å². The standard InChI is InChI=1S/C25H40N2O7.CH3NO/c1-4-24(30)18-34-14-13-33-12-11-32-10-9-21-6-7-22(17-28)23(15-21)16-27(3)20(2)5-8-25(31)26-19-29;2-1-3/h6-7,15,17,19-20,24,30H,4-5,8-14,16,18H2,1-3H3,(H,26,29,31);1H,(H2,2,3). The van der Waals surface area contributed by atoms with Gasteiger partial charge in [-0.25, -0.2) is 0 Å². The first-order valence-corrected chi connectivity index (χ1v) is 12.4. The molecule has 0 aromatic heterocycles. The minimum atomic E-state index is -0.421. The molecule has 4 N–H and O–H groups in total. The lowest BCUT2D eigenvalue weighted by Gasteiger charge is -2.25. The zero-order valence-corrected chi connectivity index (χ0v) is 22.2. The lowest BCUT2D eigenvalue weighted by Crippen LogP contribution is -2.31. The molecule has 0 bridgehead atoms. The van der Waals surface area contributed by atoms with Crippen LogP contribution >= 0.6 is 0 Å². The summed E-state index contributed by atoms with van der Waals surface area (Å²) in [5.74, 6) is -0.295. The highest BCUT2D eigenvalue weighted by atomic mass is 16.5. The minimum Gasteiger partial charge on any atom is -0.391 e. The number of primary amides is 1. The fourth-order valence-electron chi connectivity index (χ4n) is 3.16. The summed E-state index contributed by atoms with van der Waals surface area (Å²) in [6.07, 6.45) is 3.34. The lowest BCUT2D eigenvalue weighted by atomic mass is 10.0. The number of nitrogens with two attached hydrogens (primary N) is 1. The van der Waals surface area contributed by atoms with E-state index in [0.29, 0.717) is 71.0 Å². The van der Waals surface area contributed by atoms with Gasteiger partial charge >= 0.3 is 0 Å². The van der Waals surface area contributed by atoms with Crippen LogP contribution in [0.3, 0.4) is 0 Å². The highest BCUT2D eigenvalue weighted by Gasteiger charge is 2.14. The summed E-state index contributed by atoms with van der Waals surface area (Å²) in [4.78, 5) is 44.0. The molecule has 3 amide bonds. The Hall–Kier alpha value is -2.70. The Balaban J connectivity index is 0.00000410. The van der Waals surface area contributed by atoms with Gasteiger partial charge < -0.3 is 25.1 Å². The van der Waals surface area contributed by atoms with Crippen LogP contribution in [0.15, 0.2) is 18.2 Å². The Bertz CT molecular complexity index is 778. The first kappa shape index (κ1) is 34.3. The van der Waals surface area contributed by atoms with E-state index in [1.165, 1.54) is 0 Å². The molecular weight excluding hydrogens is 482 g/mol. The predicted molar refractivity (Wildman–Crippen MR) is 139 cm³/mol. The molecule has 2 unspecified atom stereocenters. The Morgan fingerprint density at radius 3 is 2.32 bits per heavy atom. The van der Waals surface area contributed by atoms with Crippen LogP contribution in [0.25, 0.3) is 0 Å². The molecule has 1 rings (SSSR count). The van der Waals surface area contributed by atoms with E-state index >= 15 is 0 Å². The first-order chi connectivity index (χ1) is 17.8. The summed E-state index contributed by atoms with van der Waals surface area (Å²) >= 11 is 0. The molecule has 2 atom stereocenters. The molecule has 0 spiro atoms. The minimum absolute atomic E-state index is 0.103. The van der Waals surface area contributed by atoms with Crippen LogP contribution in [0.1, 0.15) is 54.6 Å². The Morgan fingerprint density at radius 1 is 1.11 bits per heavy atom. The number of rotatable bonds is 20. The SMILES string of the molecule is CCC(O)COCCOCCOCCc1ccc(C=O)c(CN(C)C(C)CCC(=O)NC=O)c1.NC=O. The number of imide groups is 1. The van der Waals surface area contributed by atoms with Gasteiger partial charge in [0.2, 0.25) is 18.7 Å². The number of nitrogens with zero attached hydrogens (tertiary/aromatic N) is 1. The van der Waals surface area contributed by atoms with Gasteiger partial charge in [0.05, 0.1) is 45.7 Å². The summed E-state index contributed by atoms with van der Waals surface area (Å²) in [5, 5.41) is 11.5. The van der Waals surface area contributed by atoms with Crippen molar-refractivity contribution in [2.45, 2.75) is 58.2 Å². The van der Waals surface area contributed by atoms with Gasteiger partial charge in [0.25, 0.3) is 0 Å². The molecule has 37 heavy (non-hydrogen) atoms. The van der Waals surface area contributed by atoms with Crippen molar-refractivity contribution in [3.8, 4) is 0 Å². The van der Waals surface area contributed by atoms with Crippen LogP contribution < -0.4 is 11.1 Å². The van der Waals surface area contributed by atoms with Crippen LogP contribution in [0.4, 0.5) is 0 Å². The van der Waals surface area contributed by atoms with E-state index in [1.807, 2.05) is 39.1 Å². The molecule has 0 fully saturated rings. The van der Waals surface area contributed by atoms with Gasteiger partial charge in [-0.05, 0) is 44.4 Å². The number of aliphatic hydroxyl groups is 1. The average molecular weight is 526 g/mol. The summed E-state index contributed by atoms with van der Waals surface area (Å²) < 4.78 is 16.4. The number of hydrogen-bond donors (Lipinski definition) is 3. The first-order valence-electron chi connectivity index (χ1n) is 12.4. The fraction of sp³-hybridized carbons (Fsp3) is 0.615. The van der Waals surface area contributed by atoms with E-state index < -0.39 is 6.10 Å². The van der Waals surface area contributed by atoms with Crippen LogP contribution in [0, 0.1) is 0 Å². The van der Waals surface area contributed by atoms with Crippen molar-refractivity contribution < 1.29 is 38.5 Å². The normalized spacial score (nSPS) is 12.2. The van der Waals surface area contributed by atoms with Crippen molar-refractivity contribution in [1.29, 1.82) is 0 Å². The summed E-state index contributed by atoms with van der Waals surface area (Å²) in [7, 11) is 1.95. The van der Waals surface area contributed by atoms with E-state index in [-0.39, 0.29) is 24.8 Å². The lowest BCUT2D eigenvalue weighted by molar-refractivity contribution is -0.125. The summed E-state index contributed by atoms with van der Waals surface area (Å²) in [6, 6.07) is 5.88. The zero-order chi connectivity index (χ0) is 27.9. The van der Waals surface area contributed by atoms with Gasteiger partial charge in [0.15, 0.2) is 0 Å². The average Bonchev–Trinajstić information content (AvgIpc) is 2.88. The smallest absolute Gasteiger partial charge is 0.226 e. The maximum absolute atomic E-state index is 11.5. The summed E-state index contributed by atoms with van der Waals surface area (Å²) in [5.41, 5.74) is 6.82. The number of benzene rings is 1. The Morgan fingerprint density at radius 2 is 1.73 bits per heavy atom. The molecule has 0 aliphatic heterocycles. The van der Waals surface area contributed by atoms with E-state index in [4.69, 9.17) is 19.0 Å². The van der Waals surface area contributed by atoms with Gasteiger partial charge in [0, 0.05) is 24.6 Å². The van der Waals surface area contributed by atoms with Crippen LogP contribution in [0.2, 0.25) is 0 Å². The maximum Gasteiger partial charge on any atom is 0.226 e. The van der Waals surface area contributed by atoms with Crippen molar-refractivity contribution in [2.24, 2.45) is 5.73 Å². The molecule has 210 valence electrons. The van der Waals surface area contributed by atoms with Gasteiger partial charge in [-0.15, -0.1) is 0 Å². The number of amides is 3. The predicted octanol–water partition coefficient (Wildman–Crippen LogP) is 0.837. The monoisotopic (exact) mass is 525 g/mol. The second-order valence-corrected chi connectivity index (χ2v) is 8.39. The van der Waals surface area contributed by atoms with Crippen LogP contribution in [-0.2, 0) is 41.6 Å². The number of aldehydes is 1. The second kappa shape index (κ2) is 22.5. The van der Waals surface area contributed by atoms with E-state index in [0.717, 1.165) is 23.8 Å². The number of ether oxygens (including phenoxy) is 3. The second-order valence-electron chi connectivity index (χ2n) is 8.39. The molecule has 11 nitrogen and oxygen atoms in total. The third-order valence-corrected chi connectivity index (χ3v) is 5.58. The van der Waals surface area contributed by atoms with Crippen LogP contribution in [0.5, 0.6) is 0 Å². The number of carbonyl (C=O) groups excluding carboxylic acids is 4. The molecule has 0 radical (unpaired) electrons. The number of nitrogens with one attached hydrogen (secondary N) is 1. The third kappa shape index (κ3) is 17.4. The maximum atomic E-state index is 11.5. The third-order valence-electron chi connectivity index (χ3n) is 5.58. The molecule has 1 aromatic rings. The van der Waals surface area contributed by atoms with E-state index in [1.54, 1.807) is 0 Å². The topological polar surface area (TPSA) is 157 Å². The molecule has 1 aromatic carbocycles. The van der Waals surface area contributed by atoms with Crippen molar-refractivity contribution in [3.05, 3.63) is 34.9 Å². The Labute approximate surface area is 219 Å². The number of aliphatic hydroxyl groups excluding tert-OH is 1. The van der Waals surface area contributed by atoms with Crippen molar-refractivity contribution in [1.82, 2.24) is 10.2 Å². The van der Waals surface area contributed by atoms with Gasteiger partial charge in [0.1, 0.15) is 6.29 Å². The molecule has 0 heterocycles. The molecule has 0 aliphatic rings. The van der Waals surface area contributed by atoms with E-state index in [2.05, 4.69) is 16.0 Å². The van der Waals surface area contributed by atoms with Gasteiger partial charge in [-0.3, -0.25) is 29.4 Å². The zero-order valence-electron chi connectivity index (χ0n) is 22.2. The van der Waals surface area contributed by atoms with Crippen molar-refractivity contribution in [2.75, 3.05) is 46.7 Å². The highest BCUT2D eigenvalue weighted by molar-refractivity contribution is 5.85. The molecule has 11 heteroatoms. The number of hydrogen-bond acceptors (Lipinski definition) is 9. The molecule has 0 aliphatic carbocycles. The largest absolute Gasteiger partial charge is 0.391 e. The quantitative estimate of drug-likeness (QED) is 0.166. The number of carbonyl (C=O) groups is 4. The van der Waals surface area contributed by atoms with Crippen molar-refractivity contribution in [3.63, 3.8) is 0 Å². The molecule has 0 saturated heterocycles. The van der Waals surface area contributed by atoms with Crippen molar-refractivity contribution >= 4 is 25.0 Å². The summed E-state index contributed by atoms with van der Waals surface area (Å²) in [6.45, 7) is 7.22.